The molecular formula is C14H11ClIN3O2. The van der Waals surface area contributed by atoms with E-state index in [0.29, 0.717) is 21.8 Å². The third-order valence-electron chi connectivity index (χ3n) is 2.74. The highest BCUT2D eigenvalue weighted by molar-refractivity contribution is 14.1. The SMILES string of the molecule is N/C(=N/O)c1ccc(NC(=O)c2ccccc2I)c(Cl)c1. The average molecular weight is 416 g/mol. The van der Waals surface area contributed by atoms with E-state index in [0.717, 1.165) is 3.57 Å². The van der Waals surface area contributed by atoms with Crippen LogP contribution in [0.3, 0.4) is 0 Å². The van der Waals surface area contributed by atoms with Crippen LogP contribution >= 0.6 is 34.2 Å². The van der Waals surface area contributed by atoms with Gasteiger partial charge >= 0.3 is 0 Å². The molecule has 0 saturated carbocycles. The topological polar surface area (TPSA) is 87.7 Å². The number of amides is 1. The zero-order valence-electron chi connectivity index (χ0n) is 10.7. The molecule has 0 atom stereocenters. The molecule has 5 nitrogen and oxygen atoms in total. The second kappa shape index (κ2) is 6.77. The summed E-state index contributed by atoms with van der Waals surface area (Å²) in [5.41, 5.74) is 6.96. The van der Waals surface area contributed by atoms with Crippen molar-refractivity contribution in [1.29, 1.82) is 0 Å². The molecule has 1 amide bonds. The summed E-state index contributed by atoms with van der Waals surface area (Å²) in [4.78, 5) is 12.2. The van der Waals surface area contributed by atoms with Crippen LogP contribution in [0.5, 0.6) is 0 Å². The molecule has 0 radical (unpaired) electrons. The fourth-order valence-electron chi connectivity index (χ4n) is 1.67. The first-order chi connectivity index (χ1) is 10.0. The smallest absolute Gasteiger partial charge is 0.256 e. The Morgan fingerprint density at radius 1 is 1.29 bits per heavy atom. The van der Waals surface area contributed by atoms with E-state index in [4.69, 9.17) is 22.5 Å². The monoisotopic (exact) mass is 415 g/mol. The molecule has 0 aliphatic heterocycles. The molecule has 108 valence electrons. The summed E-state index contributed by atoms with van der Waals surface area (Å²) in [5, 5.41) is 14.6. The van der Waals surface area contributed by atoms with Gasteiger partial charge in [-0.15, -0.1) is 0 Å². The molecule has 2 aromatic carbocycles. The lowest BCUT2D eigenvalue weighted by Crippen LogP contribution is -2.15. The Morgan fingerprint density at radius 3 is 2.62 bits per heavy atom. The maximum Gasteiger partial charge on any atom is 0.256 e. The first-order valence-electron chi connectivity index (χ1n) is 5.86. The number of nitrogens with zero attached hydrogens (tertiary/aromatic N) is 1. The fraction of sp³-hybridized carbons (Fsp3) is 0. The zero-order valence-corrected chi connectivity index (χ0v) is 13.6. The number of oxime groups is 1. The number of carbonyl (C=O) groups excluding carboxylic acids is 1. The van der Waals surface area contributed by atoms with E-state index < -0.39 is 0 Å². The summed E-state index contributed by atoms with van der Waals surface area (Å²) in [6.07, 6.45) is 0. The Balaban J connectivity index is 2.25. The van der Waals surface area contributed by atoms with Crippen LogP contribution in [0, 0.1) is 3.57 Å². The van der Waals surface area contributed by atoms with E-state index in [1.54, 1.807) is 24.3 Å². The maximum atomic E-state index is 12.2. The highest BCUT2D eigenvalue weighted by Crippen LogP contribution is 2.24. The van der Waals surface area contributed by atoms with Crippen molar-refractivity contribution in [3.05, 3.63) is 62.2 Å². The van der Waals surface area contributed by atoms with E-state index in [1.807, 2.05) is 12.1 Å². The van der Waals surface area contributed by atoms with Gasteiger partial charge in [0.15, 0.2) is 5.84 Å². The van der Waals surface area contributed by atoms with Gasteiger partial charge in [0.05, 0.1) is 16.3 Å². The number of nitrogens with one attached hydrogen (secondary N) is 1. The van der Waals surface area contributed by atoms with Crippen molar-refractivity contribution in [3.8, 4) is 0 Å². The Morgan fingerprint density at radius 2 is 2.00 bits per heavy atom. The number of halogens is 2. The van der Waals surface area contributed by atoms with Crippen molar-refractivity contribution in [2.24, 2.45) is 10.9 Å². The highest BCUT2D eigenvalue weighted by Gasteiger charge is 2.12. The predicted octanol–water partition coefficient (Wildman–Crippen LogP) is 3.29. The van der Waals surface area contributed by atoms with E-state index in [1.165, 1.54) is 6.07 Å². The zero-order chi connectivity index (χ0) is 15.4. The summed E-state index contributed by atoms with van der Waals surface area (Å²) in [6, 6.07) is 11.9. The molecule has 21 heavy (non-hydrogen) atoms. The molecule has 0 aliphatic carbocycles. The van der Waals surface area contributed by atoms with Crippen molar-refractivity contribution in [3.63, 3.8) is 0 Å². The second-order valence-electron chi connectivity index (χ2n) is 4.11. The molecule has 0 fully saturated rings. The first-order valence-corrected chi connectivity index (χ1v) is 7.32. The van der Waals surface area contributed by atoms with Crippen LogP contribution in [0.25, 0.3) is 0 Å². The van der Waals surface area contributed by atoms with Gasteiger partial charge in [0.1, 0.15) is 0 Å². The Labute approximate surface area is 139 Å². The van der Waals surface area contributed by atoms with Gasteiger partial charge in [0, 0.05) is 9.13 Å². The van der Waals surface area contributed by atoms with E-state index in [2.05, 4.69) is 33.1 Å². The fourth-order valence-corrected chi connectivity index (χ4v) is 2.53. The van der Waals surface area contributed by atoms with E-state index in [-0.39, 0.29) is 11.7 Å². The van der Waals surface area contributed by atoms with Gasteiger partial charge in [-0.25, -0.2) is 0 Å². The standard InChI is InChI=1S/C14H11ClIN3O2/c15-10-7-8(13(17)19-21)5-6-12(10)18-14(20)9-3-1-2-4-11(9)16/h1-7,21H,(H2,17,19)(H,18,20). The molecule has 0 aromatic heterocycles. The van der Waals surface area contributed by atoms with E-state index >= 15 is 0 Å². The van der Waals surface area contributed by atoms with Crippen LogP contribution in [0.15, 0.2) is 47.6 Å². The van der Waals surface area contributed by atoms with E-state index in [9.17, 15) is 4.79 Å². The summed E-state index contributed by atoms with van der Waals surface area (Å²) in [5.74, 6) is -0.300. The van der Waals surface area contributed by atoms with Crippen molar-refractivity contribution < 1.29 is 10.0 Å². The van der Waals surface area contributed by atoms with Crippen molar-refractivity contribution >= 4 is 51.6 Å². The number of amidine groups is 1. The Hall–Kier alpha value is -1.80. The molecule has 0 bridgehead atoms. The number of nitrogens with two attached hydrogens (primary N) is 1. The lowest BCUT2D eigenvalue weighted by molar-refractivity contribution is 0.102. The normalized spacial score (nSPS) is 11.2. The number of rotatable bonds is 3. The minimum absolute atomic E-state index is 0.0487. The number of carbonyl (C=O) groups is 1. The molecule has 0 unspecified atom stereocenters. The molecular weight excluding hydrogens is 405 g/mol. The average Bonchev–Trinajstić information content (AvgIpc) is 2.48. The van der Waals surface area contributed by atoms with Gasteiger partial charge < -0.3 is 16.3 Å². The van der Waals surface area contributed by atoms with Crippen molar-refractivity contribution in [1.82, 2.24) is 0 Å². The minimum atomic E-state index is -0.251. The van der Waals surface area contributed by atoms with Gasteiger partial charge in [-0.05, 0) is 52.9 Å². The molecule has 0 heterocycles. The minimum Gasteiger partial charge on any atom is -0.409 e. The molecule has 4 N–H and O–H groups in total. The molecule has 0 spiro atoms. The van der Waals surface area contributed by atoms with Crippen LogP contribution in [0.1, 0.15) is 15.9 Å². The van der Waals surface area contributed by atoms with Crippen LogP contribution in [-0.2, 0) is 0 Å². The summed E-state index contributed by atoms with van der Waals surface area (Å²) in [7, 11) is 0. The third-order valence-corrected chi connectivity index (χ3v) is 3.99. The largest absolute Gasteiger partial charge is 0.409 e. The summed E-state index contributed by atoms with van der Waals surface area (Å²) in [6.45, 7) is 0. The van der Waals surface area contributed by atoms with Gasteiger partial charge in [0.25, 0.3) is 5.91 Å². The molecule has 7 heteroatoms. The van der Waals surface area contributed by atoms with Gasteiger partial charge in [-0.1, -0.05) is 28.9 Å². The second-order valence-corrected chi connectivity index (χ2v) is 5.68. The highest BCUT2D eigenvalue weighted by atomic mass is 127. The number of benzene rings is 2. The van der Waals surface area contributed by atoms with Crippen LogP contribution in [0.2, 0.25) is 5.02 Å². The Kier molecular flexibility index (Phi) is 5.03. The number of anilines is 1. The Bertz CT molecular complexity index is 719. The van der Waals surface area contributed by atoms with Gasteiger partial charge in [0.2, 0.25) is 0 Å². The first kappa shape index (κ1) is 15.6. The van der Waals surface area contributed by atoms with Crippen molar-refractivity contribution in [2.45, 2.75) is 0 Å². The van der Waals surface area contributed by atoms with Crippen LogP contribution < -0.4 is 11.1 Å². The lowest BCUT2D eigenvalue weighted by atomic mass is 10.1. The van der Waals surface area contributed by atoms with Crippen LogP contribution in [0.4, 0.5) is 5.69 Å². The summed E-state index contributed by atoms with van der Waals surface area (Å²) < 4.78 is 0.844. The van der Waals surface area contributed by atoms with Gasteiger partial charge in [-0.3, -0.25) is 4.79 Å². The molecule has 0 saturated heterocycles. The van der Waals surface area contributed by atoms with Crippen molar-refractivity contribution in [2.75, 3.05) is 5.32 Å². The molecule has 2 aromatic rings. The number of hydrogen-bond donors (Lipinski definition) is 3. The lowest BCUT2D eigenvalue weighted by Gasteiger charge is -2.09. The molecule has 2 rings (SSSR count). The third kappa shape index (κ3) is 3.64. The molecule has 0 aliphatic rings. The maximum absolute atomic E-state index is 12.2. The number of hydrogen-bond acceptors (Lipinski definition) is 3. The van der Waals surface area contributed by atoms with Crippen LogP contribution in [-0.4, -0.2) is 17.0 Å². The van der Waals surface area contributed by atoms with Gasteiger partial charge in [-0.2, -0.15) is 0 Å². The summed E-state index contributed by atoms with van der Waals surface area (Å²) >= 11 is 8.19. The quantitative estimate of drug-likeness (QED) is 0.236. The predicted molar refractivity (Wildman–Crippen MR) is 91.1 cm³/mol.